The van der Waals surface area contributed by atoms with E-state index >= 15 is 0 Å². The molecule has 16 heavy (non-hydrogen) atoms. The summed E-state index contributed by atoms with van der Waals surface area (Å²) in [7, 11) is -0.618. The van der Waals surface area contributed by atoms with Crippen LogP contribution in [-0.2, 0) is 17.3 Å². The van der Waals surface area contributed by atoms with Gasteiger partial charge in [-0.1, -0.05) is 6.07 Å². The van der Waals surface area contributed by atoms with Gasteiger partial charge in [-0.25, -0.2) is 0 Å². The standard InChI is InChI=1S/C11H14BrNO2S/c12-10-7-9(1-2-11(10)14)8-13-3-5-16(15)6-4-13/h1-2,7,14H,3-6,8H2. The van der Waals surface area contributed by atoms with Crippen molar-refractivity contribution in [2.45, 2.75) is 6.54 Å². The number of aromatic hydroxyl groups is 1. The summed E-state index contributed by atoms with van der Waals surface area (Å²) in [6.07, 6.45) is 0. The van der Waals surface area contributed by atoms with E-state index in [0.717, 1.165) is 41.2 Å². The molecule has 1 aromatic carbocycles. The number of benzene rings is 1. The molecule has 0 saturated carbocycles. The molecule has 1 aliphatic heterocycles. The molecule has 0 atom stereocenters. The van der Waals surface area contributed by atoms with E-state index in [9.17, 15) is 9.32 Å². The lowest BCUT2D eigenvalue weighted by Crippen LogP contribution is -2.37. The second-order valence-corrected chi connectivity index (χ2v) is 6.46. The average Bonchev–Trinajstić information content (AvgIpc) is 2.27. The van der Waals surface area contributed by atoms with Crippen LogP contribution in [0, 0.1) is 0 Å². The Kier molecular flexibility index (Phi) is 4.00. The lowest BCUT2D eigenvalue weighted by atomic mass is 10.2. The van der Waals surface area contributed by atoms with Gasteiger partial charge in [0.05, 0.1) is 4.47 Å². The zero-order chi connectivity index (χ0) is 11.5. The van der Waals surface area contributed by atoms with Gasteiger partial charge in [-0.3, -0.25) is 9.11 Å². The van der Waals surface area contributed by atoms with Crippen LogP contribution >= 0.6 is 15.9 Å². The highest BCUT2D eigenvalue weighted by Gasteiger charge is 2.15. The molecule has 1 heterocycles. The fourth-order valence-corrected chi connectivity index (χ4v) is 3.29. The molecule has 5 heteroatoms. The highest BCUT2D eigenvalue weighted by Crippen LogP contribution is 2.24. The molecule has 1 aromatic rings. The first-order valence-corrected chi connectivity index (χ1v) is 7.48. The van der Waals surface area contributed by atoms with Crippen LogP contribution in [0.1, 0.15) is 5.56 Å². The smallest absolute Gasteiger partial charge is 0.129 e. The van der Waals surface area contributed by atoms with E-state index in [1.54, 1.807) is 6.07 Å². The van der Waals surface area contributed by atoms with Crippen LogP contribution in [0.25, 0.3) is 0 Å². The molecular formula is C11H14BrNO2S. The molecular weight excluding hydrogens is 290 g/mol. The Bertz CT molecular complexity index is 401. The van der Waals surface area contributed by atoms with Crippen molar-refractivity contribution >= 4 is 26.7 Å². The summed E-state index contributed by atoms with van der Waals surface area (Å²) >= 11 is 3.30. The summed E-state index contributed by atoms with van der Waals surface area (Å²) in [5.41, 5.74) is 1.16. The van der Waals surface area contributed by atoms with Gasteiger partial charge in [0, 0.05) is 41.9 Å². The van der Waals surface area contributed by atoms with Crippen LogP contribution in [0.3, 0.4) is 0 Å². The van der Waals surface area contributed by atoms with E-state index in [1.807, 2.05) is 12.1 Å². The molecule has 0 aliphatic carbocycles. The predicted octanol–water partition coefficient (Wildman–Crippen LogP) is 1.72. The van der Waals surface area contributed by atoms with Crippen molar-refractivity contribution in [2.75, 3.05) is 24.6 Å². The lowest BCUT2D eigenvalue weighted by Gasteiger charge is -2.26. The van der Waals surface area contributed by atoms with Crippen LogP contribution in [0.4, 0.5) is 0 Å². The summed E-state index contributed by atoms with van der Waals surface area (Å²) in [4.78, 5) is 2.29. The van der Waals surface area contributed by atoms with E-state index in [1.165, 1.54) is 0 Å². The van der Waals surface area contributed by atoms with Crippen LogP contribution in [0.2, 0.25) is 0 Å². The molecule has 0 bridgehead atoms. The van der Waals surface area contributed by atoms with E-state index in [-0.39, 0.29) is 5.75 Å². The maximum atomic E-state index is 11.2. The Labute approximate surface area is 106 Å². The third-order valence-corrected chi connectivity index (χ3v) is 4.60. The lowest BCUT2D eigenvalue weighted by molar-refractivity contribution is 0.291. The maximum absolute atomic E-state index is 11.2. The highest BCUT2D eigenvalue weighted by atomic mass is 79.9. The second-order valence-electron chi connectivity index (χ2n) is 3.91. The third kappa shape index (κ3) is 3.06. The summed E-state index contributed by atoms with van der Waals surface area (Å²) < 4.78 is 11.9. The van der Waals surface area contributed by atoms with Crippen LogP contribution in [0.15, 0.2) is 22.7 Å². The average molecular weight is 304 g/mol. The Morgan fingerprint density at radius 1 is 1.38 bits per heavy atom. The van der Waals surface area contributed by atoms with Gasteiger partial charge in [-0.2, -0.15) is 0 Å². The quantitative estimate of drug-likeness (QED) is 0.904. The van der Waals surface area contributed by atoms with E-state index in [2.05, 4.69) is 20.8 Å². The summed E-state index contributed by atoms with van der Waals surface area (Å²) in [6, 6.07) is 5.55. The first-order chi connectivity index (χ1) is 7.65. The maximum Gasteiger partial charge on any atom is 0.129 e. The molecule has 0 spiro atoms. The monoisotopic (exact) mass is 303 g/mol. The Balaban J connectivity index is 1.98. The van der Waals surface area contributed by atoms with Crippen molar-refractivity contribution in [3.63, 3.8) is 0 Å². The number of phenolic OH excluding ortho intramolecular Hbond substituents is 1. The number of phenols is 1. The topological polar surface area (TPSA) is 40.5 Å². The molecule has 0 unspecified atom stereocenters. The Morgan fingerprint density at radius 3 is 2.69 bits per heavy atom. The predicted molar refractivity (Wildman–Crippen MR) is 69.0 cm³/mol. The number of rotatable bonds is 2. The Morgan fingerprint density at radius 2 is 2.06 bits per heavy atom. The molecule has 2 rings (SSSR count). The molecule has 0 amide bonds. The van der Waals surface area contributed by atoms with Crippen molar-refractivity contribution in [3.8, 4) is 5.75 Å². The Hall–Kier alpha value is -0.390. The first-order valence-electron chi connectivity index (χ1n) is 5.20. The number of hydrogen-bond donors (Lipinski definition) is 1. The van der Waals surface area contributed by atoms with Crippen molar-refractivity contribution in [1.29, 1.82) is 0 Å². The zero-order valence-corrected chi connectivity index (χ0v) is 11.3. The molecule has 1 saturated heterocycles. The summed E-state index contributed by atoms with van der Waals surface area (Å²) in [5.74, 6) is 1.82. The van der Waals surface area contributed by atoms with Crippen LogP contribution in [0.5, 0.6) is 5.75 Å². The summed E-state index contributed by atoms with van der Waals surface area (Å²) in [5, 5.41) is 9.38. The minimum Gasteiger partial charge on any atom is -0.507 e. The van der Waals surface area contributed by atoms with Crippen LogP contribution < -0.4 is 0 Å². The van der Waals surface area contributed by atoms with E-state index in [0.29, 0.717) is 0 Å². The molecule has 1 fully saturated rings. The molecule has 3 nitrogen and oxygen atoms in total. The van der Waals surface area contributed by atoms with Gasteiger partial charge in [-0.05, 0) is 33.6 Å². The number of hydrogen-bond acceptors (Lipinski definition) is 3. The number of nitrogens with zero attached hydrogens (tertiary/aromatic N) is 1. The molecule has 0 radical (unpaired) electrons. The zero-order valence-electron chi connectivity index (χ0n) is 8.86. The van der Waals surface area contributed by atoms with Gasteiger partial charge in [0.1, 0.15) is 5.75 Å². The molecule has 0 aromatic heterocycles. The van der Waals surface area contributed by atoms with Gasteiger partial charge >= 0.3 is 0 Å². The van der Waals surface area contributed by atoms with Crippen molar-refractivity contribution in [1.82, 2.24) is 4.90 Å². The molecule has 1 aliphatic rings. The van der Waals surface area contributed by atoms with Crippen molar-refractivity contribution in [3.05, 3.63) is 28.2 Å². The normalized spacial score (nSPS) is 18.8. The summed E-state index contributed by atoms with van der Waals surface area (Å²) in [6.45, 7) is 2.65. The van der Waals surface area contributed by atoms with Gasteiger partial charge < -0.3 is 5.11 Å². The fraction of sp³-hybridized carbons (Fsp3) is 0.455. The van der Waals surface area contributed by atoms with Crippen molar-refractivity contribution < 1.29 is 9.32 Å². The van der Waals surface area contributed by atoms with Gasteiger partial charge in [0.25, 0.3) is 0 Å². The van der Waals surface area contributed by atoms with Crippen molar-refractivity contribution in [2.24, 2.45) is 0 Å². The van der Waals surface area contributed by atoms with E-state index in [4.69, 9.17) is 0 Å². The minimum atomic E-state index is -0.618. The molecule has 88 valence electrons. The first kappa shape index (κ1) is 12.1. The second kappa shape index (κ2) is 5.29. The van der Waals surface area contributed by atoms with Gasteiger partial charge in [0.15, 0.2) is 0 Å². The highest BCUT2D eigenvalue weighted by molar-refractivity contribution is 9.10. The minimum absolute atomic E-state index is 0.267. The fourth-order valence-electron chi connectivity index (χ4n) is 1.74. The molecule has 1 N–H and O–H groups in total. The van der Waals surface area contributed by atoms with Gasteiger partial charge in [-0.15, -0.1) is 0 Å². The number of halogens is 1. The third-order valence-electron chi connectivity index (χ3n) is 2.69. The van der Waals surface area contributed by atoms with E-state index < -0.39 is 10.8 Å². The van der Waals surface area contributed by atoms with Crippen LogP contribution in [-0.4, -0.2) is 38.8 Å². The largest absolute Gasteiger partial charge is 0.507 e. The van der Waals surface area contributed by atoms with Gasteiger partial charge in [0.2, 0.25) is 0 Å². The SMILES string of the molecule is O=S1CCN(Cc2ccc(O)c(Br)c2)CC1.